The van der Waals surface area contributed by atoms with Gasteiger partial charge in [-0.2, -0.15) is 0 Å². The summed E-state index contributed by atoms with van der Waals surface area (Å²) >= 11 is 0. The molecule has 2 rings (SSSR count). The van der Waals surface area contributed by atoms with Gasteiger partial charge in [-0.25, -0.2) is 0 Å². The molecular formula is C10H22N2S6. The fourth-order valence-electron chi connectivity index (χ4n) is 1.19. The maximum absolute atomic E-state index is 2.31. The summed E-state index contributed by atoms with van der Waals surface area (Å²) in [5, 5.41) is 0. The molecule has 2 aliphatic heterocycles. The zero-order valence-corrected chi connectivity index (χ0v) is 16.2. The van der Waals surface area contributed by atoms with Crippen LogP contribution in [0.4, 0.5) is 0 Å². The summed E-state index contributed by atoms with van der Waals surface area (Å²) < 4.78 is 0. The second-order valence-corrected chi connectivity index (χ2v) is 13.2. The summed E-state index contributed by atoms with van der Waals surface area (Å²) in [6.07, 6.45) is 0. The molecule has 0 bridgehead atoms. The van der Waals surface area contributed by atoms with Gasteiger partial charge in [0.2, 0.25) is 0 Å². The SMILES string of the molecule is CN(C)C1CSSSC1.CN(C)C1CSSSC1. The molecule has 2 nitrogen and oxygen atoms in total. The van der Waals surface area contributed by atoms with Crippen molar-refractivity contribution in [2.45, 2.75) is 12.1 Å². The van der Waals surface area contributed by atoms with Crippen molar-refractivity contribution >= 4 is 62.8 Å². The number of nitrogens with zero attached hydrogens (tertiary/aromatic N) is 2. The Balaban J connectivity index is 0.000000180. The Hall–Kier alpha value is 2.02. The lowest BCUT2D eigenvalue weighted by atomic mass is 10.4. The fraction of sp³-hybridized carbons (Fsp3) is 1.00. The summed E-state index contributed by atoms with van der Waals surface area (Å²) in [6.45, 7) is 0. The first kappa shape index (κ1) is 18.1. The molecule has 2 fully saturated rings. The number of hydrogen-bond acceptors (Lipinski definition) is 8. The first-order valence-corrected chi connectivity index (χ1v) is 13.4. The minimum Gasteiger partial charge on any atom is -0.305 e. The first-order chi connectivity index (χ1) is 8.61. The second-order valence-electron chi connectivity index (χ2n) is 4.51. The van der Waals surface area contributed by atoms with E-state index in [0.29, 0.717) is 0 Å². The van der Waals surface area contributed by atoms with E-state index in [1.807, 2.05) is 62.8 Å². The van der Waals surface area contributed by atoms with Crippen LogP contribution in [-0.2, 0) is 0 Å². The van der Waals surface area contributed by atoms with Crippen LogP contribution in [0.25, 0.3) is 0 Å². The molecular weight excluding hydrogens is 341 g/mol. The average Bonchev–Trinajstić information content (AvgIpc) is 2.41. The third-order valence-corrected chi connectivity index (χ3v) is 11.4. The van der Waals surface area contributed by atoms with Gasteiger partial charge in [0.1, 0.15) is 0 Å². The molecule has 0 amide bonds. The van der Waals surface area contributed by atoms with E-state index in [2.05, 4.69) is 38.0 Å². The molecule has 2 saturated heterocycles. The molecule has 0 atom stereocenters. The normalized spacial score (nSPS) is 23.0. The minimum atomic E-state index is 0.793. The van der Waals surface area contributed by atoms with Crippen molar-refractivity contribution in [1.29, 1.82) is 0 Å². The Bertz CT molecular complexity index is 183. The summed E-state index contributed by atoms with van der Waals surface area (Å²) in [4.78, 5) is 4.61. The van der Waals surface area contributed by atoms with Gasteiger partial charge in [0.25, 0.3) is 0 Å². The molecule has 0 radical (unpaired) electrons. The van der Waals surface area contributed by atoms with Crippen molar-refractivity contribution in [3.63, 3.8) is 0 Å². The first-order valence-electron chi connectivity index (χ1n) is 5.76. The van der Waals surface area contributed by atoms with Crippen LogP contribution in [0.15, 0.2) is 0 Å². The van der Waals surface area contributed by atoms with E-state index in [1.54, 1.807) is 0 Å². The summed E-state index contributed by atoms with van der Waals surface area (Å²) in [5.74, 6) is 5.13. The van der Waals surface area contributed by atoms with Crippen molar-refractivity contribution in [3.05, 3.63) is 0 Å². The van der Waals surface area contributed by atoms with Gasteiger partial charge in [-0.05, 0) is 47.8 Å². The average molecular weight is 363 g/mol. The largest absolute Gasteiger partial charge is 0.305 e. The Kier molecular flexibility index (Phi) is 10.7. The van der Waals surface area contributed by atoms with Gasteiger partial charge in [-0.15, -0.1) is 0 Å². The van der Waals surface area contributed by atoms with E-state index in [0.717, 1.165) is 12.1 Å². The maximum atomic E-state index is 2.31. The number of hydrogen-bond donors (Lipinski definition) is 0. The minimum absolute atomic E-state index is 0.793. The number of rotatable bonds is 2. The molecule has 0 aromatic carbocycles. The smallest absolute Gasteiger partial charge is 0.0288 e. The third kappa shape index (κ3) is 7.71. The van der Waals surface area contributed by atoms with Gasteiger partial charge in [0.05, 0.1) is 0 Å². The van der Waals surface area contributed by atoms with Crippen LogP contribution in [0.1, 0.15) is 0 Å². The van der Waals surface area contributed by atoms with Crippen molar-refractivity contribution < 1.29 is 0 Å². The summed E-state index contributed by atoms with van der Waals surface area (Å²) in [5.41, 5.74) is 0. The van der Waals surface area contributed by atoms with Crippen molar-refractivity contribution in [1.82, 2.24) is 9.80 Å². The standard InChI is InChI=1S/2C5H11NS3/c2*1-6(2)5-3-7-9-8-4-5/h2*5H,3-4H2,1-2H3. The quantitative estimate of drug-likeness (QED) is 0.673. The molecule has 0 saturated carbocycles. The second kappa shape index (κ2) is 10.7. The molecule has 2 heterocycles. The van der Waals surface area contributed by atoms with Crippen LogP contribution in [0.3, 0.4) is 0 Å². The molecule has 8 heteroatoms. The van der Waals surface area contributed by atoms with Gasteiger partial charge in [-0.1, -0.05) is 43.2 Å². The van der Waals surface area contributed by atoms with E-state index in [1.165, 1.54) is 23.0 Å². The highest BCUT2D eigenvalue weighted by Gasteiger charge is 2.16. The molecule has 2 aliphatic rings. The van der Waals surface area contributed by atoms with Crippen LogP contribution >= 0.6 is 62.8 Å². The predicted octanol–water partition coefficient (Wildman–Crippen LogP) is 3.92. The monoisotopic (exact) mass is 362 g/mol. The molecule has 0 aromatic heterocycles. The van der Waals surface area contributed by atoms with E-state index in [-0.39, 0.29) is 0 Å². The topological polar surface area (TPSA) is 6.48 Å². The predicted molar refractivity (Wildman–Crippen MR) is 100.0 cm³/mol. The van der Waals surface area contributed by atoms with E-state index < -0.39 is 0 Å². The molecule has 18 heavy (non-hydrogen) atoms. The highest BCUT2D eigenvalue weighted by Crippen LogP contribution is 2.41. The lowest BCUT2D eigenvalue weighted by molar-refractivity contribution is 0.345. The van der Waals surface area contributed by atoms with Crippen LogP contribution < -0.4 is 0 Å². The van der Waals surface area contributed by atoms with E-state index >= 15 is 0 Å². The van der Waals surface area contributed by atoms with Crippen LogP contribution in [0, 0.1) is 0 Å². The Morgan fingerprint density at radius 2 is 0.889 bits per heavy atom. The maximum Gasteiger partial charge on any atom is 0.0288 e. The Morgan fingerprint density at radius 3 is 1.06 bits per heavy atom. The lowest BCUT2D eigenvalue weighted by Crippen LogP contribution is -2.33. The van der Waals surface area contributed by atoms with Crippen molar-refractivity contribution in [2.24, 2.45) is 0 Å². The van der Waals surface area contributed by atoms with E-state index in [4.69, 9.17) is 0 Å². The molecule has 0 aromatic rings. The zero-order valence-electron chi connectivity index (χ0n) is 11.3. The fourth-order valence-corrected chi connectivity index (χ4v) is 10.3. The summed E-state index contributed by atoms with van der Waals surface area (Å²) in [7, 11) is 20.3. The summed E-state index contributed by atoms with van der Waals surface area (Å²) in [6, 6.07) is 1.59. The Morgan fingerprint density at radius 1 is 0.611 bits per heavy atom. The molecule has 0 spiro atoms. The van der Waals surface area contributed by atoms with Gasteiger partial charge >= 0.3 is 0 Å². The van der Waals surface area contributed by atoms with Crippen molar-refractivity contribution in [3.8, 4) is 0 Å². The van der Waals surface area contributed by atoms with Crippen LogP contribution in [0.2, 0.25) is 0 Å². The van der Waals surface area contributed by atoms with Crippen LogP contribution in [-0.4, -0.2) is 73.1 Å². The van der Waals surface area contributed by atoms with Gasteiger partial charge in [0, 0.05) is 35.1 Å². The lowest BCUT2D eigenvalue weighted by Gasteiger charge is -2.25. The third-order valence-electron chi connectivity index (χ3n) is 2.69. The van der Waals surface area contributed by atoms with Crippen LogP contribution in [0.5, 0.6) is 0 Å². The van der Waals surface area contributed by atoms with Gasteiger partial charge in [-0.3, -0.25) is 0 Å². The van der Waals surface area contributed by atoms with Gasteiger partial charge < -0.3 is 9.80 Å². The highest BCUT2D eigenvalue weighted by atomic mass is 33.5. The zero-order chi connectivity index (χ0) is 13.4. The Labute approximate surface area is 135 Å². The van der Waals surface area contributed by atoms with Crippen molar-refractivity contribution in [2.75, 3.05) is 51.2 Å². The molecule has 108 valence electrons. The molecule has 0 unspecified atom stereocenters. The molecule has 0 N–H and O–H groups in total. The van der Waals surface area contributed by atoms with E-state index in [9.17, 15) is 0 Å². The van der Waals surface area contributed by atoms with Gasteiger partial charge in [0.15, 0.2) is 0 Å². The highest BCUT2D eigenvalue weighted by molar-refractivity contribution is 9.10. The molecule has 0 aliphatic carbocycles.